The lowest BCUT2D eigenvalue weighted by Gasteiger charge is -2.14. The first-order valence-corrected chi connectivity index (χ1v) is 7.43. The average molecular weight is 349 g/mol. The Bertz CT molecular complexity index is 777. The van der Waals surface area contributed by atoms with Gasteiger partial charge >= 0.3 is 0 Å². The third-order valence-corrected chi connectivity index (χ3v) is 3.41. The van der Waals surface area contributed by atoms with Crippen molar-refractivity contribution in [3.63, 3.8) is 0 Å². The largest absolute Gasteiger partial charge is 0.496 e. The van der Waals surface area contributed by atoms with Gasteiger partial charge in [0.2, 0.25) is 5.91 Å². The van der Waals surface area contributed by atoms with Crippen LogP contribution in [0.5, 0.6) is 11.5 Å². The third-order valence-electron chi connectivity index (χ3n) is 3.17. The molecule has 0 aliphatic heterocycles. The first-order valence-electron chi connectivity index (χ1n) is 7.05. The minimum Gasteiger partial charge on any atom is -0.496 e. The molecule has 0 atom stereocenters. The highest BCUT2D eigenvalue weighted by molar-refractivity contribution is 6.31. The molecule has 0 aliphatic carbocycles. The summed E-state index contributed by atoms with van der Waals surface area (Å²) in [5.41, 5.74) is 1.24. The Morgan fingerprint density at radius 3 is 2.25 bits per heavy atom. The van der Waals surface area contributed by atoms with Gasteiger partial charge in [-0.05, 0) is 36.4 Å². The van der Waals surface area contributed by atoms with E-state index in [0.29, 0.717) is 27.9 Å². The highest BCUT2D eigenvalue weighted by Gasteiger charge is 2.15. The van der Waals surface area contributed by atoms with Crippen molar-refractivity contribution in [3.05, 3.63) is 47.0 Å². The van der Waals surface area contributed by atoms with Gasteiger partial charge in [-0.1, -0.05) is 11.6 Å². The van der Waals surface area contributed by atoms with Crippen molar-refractivity contribution in [1.29, 1.82) is 0 Å². The Labute approximate surface area is 144 Å². The smallest absolute Gasteiger partial charge is 0.259 e. The van der Waals surface area contributed by atoms with Gasteiger partial charge in [-0.2, -0.15) is 0 Å². The fourth-order valence-electron chi connectivity index (χ4n) is 2.13. The van der Waals surface area contributed by atoms with E-state index in [-0.39, 0.29) is 11.5 Å². The van der Waals surface area contributed by atoms with Gasteiger partial charge in [-0.25, -0.2) is 0 Å². The number of amides is 2. The number of hydrogen-bond donors (Lipinski definition) is 2. The Morgan fingerprint density at radius 2 is 1.62 bits per heavy atom. The maximum atomic E-state index is 12.6. The van der Waals surface area contributed by atoms with E-state index in [4.69, 9.17) is 21.1 Å². The molecule has 0 spiro atoms. The first-order chi connectivity index (χ1) is 11.4. The van der Waals surface area contributed by atoms with Crippen molar-refractivity contribution < 1.29 is 19.1 Å². The molecule has 2 N–H and O–H groups in total. The Hall–Kier alpha value is -2.73. The highest BCUT2D eigenvalue weighted by atomic mass is 35.5. The first kappa shape index (κ1) is 17.6. The van der Waals surface area contributed by atoms with Crippen molar-refractivity contribution in [2.45, 2.75) is 6.92 Å². The summed E-state index contributed by atoms with van der Waals surface area (Å²) in [4.78, 5) is 23.7. The number of methoxy groups -OCH3 is 2. The summed E-state index contributed by atoms with van der Waals surface area (Å²) in [6.45, 7) is 1.40. The van der Waals surface area contributed by atoms with Crippen LogP contribution in [0.3, 0.4) is 0 Å². The van der Waals surface area contributed by atoms with Gasteiger partial charge in [0, 0.05) is 17.6 Å². The van der Waals surface area contributed by atoms with Gasteiger partial charge in [0.15, 0.2) is 0 Å². The Morgan fingerprint density at radius 1 is 0.958 bits per heavy atom. The second kappa shape index (κ2) is 7.70. The maximum absolute atomic E-state index is 12.6. The van der Waals surface area contributed by atoms with Gasteiger partial charge in [-0.3, -0.25) is 9.59 Å². The lowest BCUT2D eigenvalue weighted by molar-refractivity contribution is -0.114. The molecule has 2 rings (SSSR count). The van der Waals surface area contributed by atoms with Crippen molar-refractivity contribution in [3.8, 4) is 11.5 Å². The van der Waals surface area contributed by atoms with E-state index >= 15 is 0 Å². The molecule has 2 aromatic rings. The van der Waals surface area contributed by atoms with Gasteiger partial charge in [0.05, 0.1) is 25.5 Å². The quantitative estimate of drug-likeness (QED) is 0.866. The normalized spacial score (nSPS) is 10.0. The SMILES string of the molecule is COc1ccc(NC(C)=O)cc1NC(=O)c1cc(Cl)ccc1OC. The lowest BCUT2D eigenvalue weighted by Crippen LogP contribution is -2.14. The molecule has 0 heterocycles. The number of benzene rings is 2. The zero-order chi connectivity index (χ0) is 17.7. The molecule has 0 saturated heterocycles. The van der Waals surface area contributed by atoms with Crippen LogP contribution in [0.4, 0.5) is 11.4 Å². The number of rotatable bonds is 5. The molecule has 6 nitrogen and oxygen atoms in total. The molecule has 0 bridgehead atoms. The van der Waals surface area contributed by atoms with Crippen LogP contribution in [0.15, 0.2) is 36.4 Å². The number of carbonyl (C=O) groups excluding carboxylic acids is 2. The van der Waals surface area contributed by atoms with Crippen LogP contribution >= 0.6 is 11.6 Å². The van der Waals surface area contributed by atoms with E-state index in [1.54, 1.807) is 30.3 Å². The van der Waals surface area contributed by atoms with E-state index in [2.05, 4.69) is 10.6 Å². The van der Waals surface area contributed by atoms with Crippen LogP contribution < -0.4 is 20.1 Å². The lowest BCUT2D eigenvalue weighted by atomic mass is 10.1. The van der Waals surface area contributed by atoms with Crippen LogP contribution in [0.2, 0.25) is 5.02 Å². The molecular formula is C17H17ClN2O4. The highest BCUT2D eigenvalue weighted by Crippen LogP contribution is 2.30. The van der Waals surface area contributed by atoms with Crippen LogP contribution in [0.25, 0.3) is 0 Å². The van der Waals surface area contributed by atoms with Gasteiger partial charge in [-0.15, -0.1) is 0 Å². The summed E-state index contributed by atoms with van der Waals surface area (Å²) in [6, 6.07) is 9.69. The Balaban J connectivity index is 2.34. The molecule has 2 amide bonds. The summed E-state index contributed by atoms with van der Waals surface area (Å²) in [5, 5.41) is 5.81. The fourth-order valence-corrected chi connectivity index (χ4v) is 2.31. The van der Waals surface area contributed by atoms with Crippen LogP contribution in [0.1, 0.15) is 17.3 Å². The zero-order valence-electron chi connectivity index (χ0n) is 13.5. The minimum atomic E-state index is -0.410. The molecule has 126 valence electrons. The third kappa shape index (κ3) is 4.17. The van der Waals surface area contributed by atoms with E-state index in [1.165, 1.54) is 27.2 Å². The average Bonchev–Trinajstić information content (AvgIpc) is 2.54. The molecule has 7 heteroatoms. The summed E-state index contributed by atoms with van der Waals surface area (Å²) < 4.78 is 10.4. The molecule has 0 radical (unpaired) electrons. The predicted octanol–water partition coefficient (Wildman–Crippen LogP) is 3.57. The molecule has 0 aliphatic rings. The predicted molar refractivity (Wildman–Crippen MR) is 93.3 cm³/mol. The number of halogens is 1. The van der Waals surface area contributed by atoms with Crippen LogP contribution in [-0.2, 0) is 4.79 Å². The van der Waals surface area contributed by atoms with Crippen LogP contribution in [-0.4, -0.2) is 26.0 Å². The molecule has 2 aromatic carbocycles. The monoisotopic (exact) mass is 348 g/mol. The number of carbonyl (C=O) groups is 2. The maximum Gasteiger partial charge on any atom is 0.259 e. The van der Waals surface area contributed by atoms with Crippen molar-refractivity contribution >= 4 is 34.8 Å². The van der Waals surface area contributed by atoms with E-state index in [1.807, 2.05) is 0 Å². The van der Waals surface area contributed by atoms with E-state index in [9.17, 15) is 9.59 Å². The summed E-state index contributed by atoms with van der Waals surface area (Å²) in [7, 11) is 2.96. The molecule has 0 fully saturated rings. The van der Waals surface area contributed by atoms with Crippen molar-refractivity contribution in [2.75, 3.05) is 24.9 Å². The summed E-state index contributed by atoms with van der Waals surface area (Å²) >= 11 is 5.95. The molecule has 24 heavy (non-hydrogen) atoms. The molecule has 0 unspecified atom stereocenters. The van der Waals surface area contributed by atoms with Gasteiger partial charge in [0.1, 0.15) is 11.5 Å². The fraction of sp³-hybridized carbons (Fsp3) is 0.176. The van der Waals surface area contributed by atoms with Crippen molar-refractivity contribution in [1.82, 2.24) is 0 Å². The number of ether oxygens (including phenoxy) is 2. The molecule has 0 aromatic heterocycles. The summed E-state index contributed by atoms with van der Waals surface area (Å²) in [6.07, 6.45) is 0. The van der Waals surface area contributed by atoms with Crippen LogP contribution in [0, 0.1) is 0 Å². The minimum absolute atomic E-state index is 0.214. The van der Waals surface area contributed by atoms with Gasteiger partial charge < -0.3 is 20.1 Å². The van der Waals surface area contributed by atoms with Gasteiger partial charge in [0.25, 0.3) is 5.91 Å². The number of nitrogens with one attached hydrogen (secondary N) is 2. The second-order valence-electron chi connectivity index (χ2n) is 4.89. The van der Waals surface area contributed by atoms with E-state index in [0.717, 1.165) is 0 Å². The number of hydrogen-bond acceptors (Lipinski definition) is 4. The molecular weight excluding hydrogens is 332 g/mol. The standard InChI is InChI=1S/C17H17ClN2O4/c1-10(21)19-12-5-7-16(24-3)14(9-12)20-17(22)13-8-11(18)4-6-15(13)23-2/h4-9H,1-3H3,(H,19,21)(H,20,22). The summed E-state index contributed by atoms with van der Waals surface area (Å²) in [5.74, 6) is 0.230. The zero-order valence-corrected chi connectivity index (χ0v) is 14.2. The van der Waals surface area contributed by atoms with Crippen molar-refractivity contribution in [2.24, 2.45) is 0 Å². The Kier molecular flexibility index (Phi) is 5.65. The molecule has 0 saturated carbocycles. The topological polar surface area (TPSA) is 76.7 Å². The number of anilines is 2. The second-order valence-corrected chi connectivity index (χ2v) is 5.33. The van der Waals surface area contributed by atoms with E-state index < -0.39 is 5.91 Å².